The molecule has 1 aromatic rings. The first kappa shape index (κ1) is 16.3. The summed E-state index contributed by atoms with van der Waals surface area (Å²) in [5, 5.41) is 7.53. The quantitative estimate of drug-likeness (QED) is 0.739. The normalized spacial score (nSPS) is 21.8. The summed E-state index contributed by atoms with van der Waals surface area (Å²) in [5.74, 6) is 0.946. The molecule has 2 aliphatic rings. The van der Waals surface area contributed by atoms with E-state index < -0.39 is 0 Å². The number of piperazine rings is 1. The van der Waals surface area contributed by atoms with Crippen molar-refractivity contribution in [3.8, 4) is 0 Å². The van der Waals surface area contributed by atoms with E-state index in [0.717, 1.165) is 54.1 Å². The molecule has 5 nitrogen and oxygen atoms in total. The van der Waals surface area contributed by atoms with E-state index >= 15 is 0 Å². The molecule has 0 aromatic heterocycles. The second kappa shape index (κ2) is 6.49. The average Bonchev–Trinajstić information content (AvgIpc) is 2.51. The maximum Gasteiger partial charge on any atom is 0.223 e. The van der Waals surface area contributed by atoms with E-state index in [9.17, 15) is 0 Å². The predicted molar refractivity (Wildman–Crippen MR) is 96.7 cm³/mol. The number of fused-ring (bicyclic) bond motifs is 1. The van der Waals surface area contributed by atoms with Crippen molar-refractivity contribution in [3.63, 3.8) is 0 Å². The fourth-order valence-corrected chi connectivity index (χ4v) is 3.18. The van der Waals surface area contributed by atoms with Gasteiger partial charge in [0.25, 0.3) is 0 Å². The lowest BCUT2D eigenvalue weighted by molar-refractivity contribution is 0.186. The fraction of sp³-hybridized carbons (Fsp3) is 0.529. The van der Waals surface area contributed by atoms with Gasteiger partial charge in [0.2, 0.25) is 5.96 Å². The summed E-state index contributed by atoms with van der Waals surface area (Å²) in [7, 11) is 2.16. The number of hydrazone groups is 1. The number of guanidine groups is 1. The molecule has 1 aromatic carbocycles. The third-order valence-corrected chi connectivity index (χ3v) is 4.56. The second-order valence-electron chi connectivity index (χ2n) is 6.47. The zero-order valence-electron chi connectivity index (χ0n) is 14.3. The Morgan fingerprint density at radius 2 is 1.91 bits per heavy atom. The average molecular weight is 334 g/mol. The third-order valence-electron chi connectivity index (χ3n) is 4.33. The lowest BCUT2D eigenvalue weighted by Gasteiger charge is -2.41. The minimum Gasteiger partial charge on any atom is -0.338 e. The lowest BCUT2D eigenvalue weighted by Crippen LogP contribution is -2.52. The number of benzene rings is 1. The molecule has 124 valence electrons. The summed E-state index contributed by atoms with van der Waals surface area (Å²) < 4.78 is 0. The van der Waals surface area contributed by atoms with Gasteiger partial charge in [0.1, 0.15) is 0 Å². The van der Waals surface area contributed by atoms with E-state index in [0.29, 0.717) is 0 Å². The summed E-state index contributed by atoms with van der Waals surface area (Å²) in [5.41, 5.74) is 3.14. The van der Waals surface area contributed by atoms with Crippen LogP contribution in [0.2, 0.25) is 5.02 Å². The van der Waals surface area contributed by atoms with Crippen molar-refractivity contribution in [2.75, 3.05) is 33.2 Å². The summed E-state index contributed by atoms with van der Waals surface area (Å²) >= 11 is 6.18. The SMILES string of the molecule is CC(C)=NN1C(N2CCN(C)CC2)=Nc2ccc(Cl)cc2C1C. The Balaban J connectivity index is 2.02. The van der Waals surface area contributed by atoms with Crippen molar-refractivity contribution in [2.24, 2.45) is 10.1 Å². The van der Waals surface area contributed by atoms with E-state index in [1.165, 1.54) is 0 Å². The van der Waals surface area contributed by atoms with Crippen LogP contribution in [-0.4, -0.2) is 59.7 Å². The maximum atomic E-state index is 6.18. The van der Waals surface area contributed by atoms with Crippen LogP contribution in [0.15, 0.2) is 28.3 Å². The molecule has 0 radical (unpaired) electrons. The number of nitrogens with zero attached hydrogens (tertiary/aromatic N) is 5. The van der Waals surface area contributed by atoms with E-state index in [1.807, 2.05) is 37.1 Å². The number of halogens is 1. The topological polar surface area (TPSA) is 34.4 Å². The van der Waals surface area contributed by atoms with E-state index in [-0.39, 0.29) is 6.04 Å². The van der Waals surface area contributed by atoms with Crippen LogP contribution >= 0.6 is 11.6 Å². The van der Waals surface area contributed by atoms with Gasteiger partial charge in [0.05, 0.1) is 11.7 Å². The molecular weight excluding hydrogens is 310 g/mol. The standard InChI is InChI=1S/C17H24ClN5/c1-12(2)20-23-13(3)15-11-14(18)5-6-16(15)19-17(23)22-9-7-21(4)8-10-22/h5-6,11,13H,7-10H2,1-4H3. The van der Waals surface area contributed by atoms with Crippen molar-refractivity contribution in [1.82, 2.24) is 14.8 Å². The number of aliphatic imine (C=N–C) groups is 1. The van der Waals surface area contributed by atoms with Crippen LogP contribution in [0.5, 0.6) is 0 Å². The molecule has 1 saturated heterocycles. The molecule has 3 rings (SSSR count). The first-order valence-electron chi connectivity index (χ1n) is 8.08. The van der Waals surface area contributed by atoms with Crippen molar-refractivity contribution in [1.29, 1.82) is 0 Å². The molecular formula is C17H24ClN5. The van der Waals surface area contributed by atoms with Gasteiger partial charge in [-0.05, 0) is 46.0 Å². The second-order valence-corrected chi connectivity index (χ2v) is 6.91. The van der Waals surface area contributed by atoms with Gasteiger partial charge in [0, 0.05) is 42.5 Å². The summed E-state index contributed by atoms with van der Waals surface area (Å²) in [6, 6.07) is 6.02. The fourth-order valence-electron chi connectivity index (χ4n) is 2.99. The summed E-state index contributed by atoms with van der Waals surface area (Å²) in [6.07, 6.45) is 0. The van der Waals surface area contributed by atoms with Gasteiger partial charge in [-0.1, -0.05) is 11.6 Å². The highest BCUT2D eigenvalue weighted by molar-refractivity contribution is 6.30. The van der Waals surface area contributed by atoms with Gasteiger partial charge in [-0.25, -0.2) is 10.0 Å². The van der Waals surface area contributed by atoms with Gasteiger partial charge in [-0.15, -0.1) is 0 Å². The maximum absolute atomic E-state index is 6.18. The van der Waals surface area contributed by atoms with E-state index in [1.54, 1.807) is 0 Å². The molecule has 0 spiro atoms. The third kappa shape index (κ3) is 3.35. The minimum absolute atomic E-state index is 0.116. The number of hydrogen-bond donors (Lipinski definition) is 0. The van der Waals surface area contributed by atoms with Gasteiger partial charge in [-0.2, -0.15) is 5.10 Å². The molecule has 1 unspecified atom stereocenters. The highest BCUT2D eigenvalue weighted by Gasteiger charge is 2.31. The van der Waals surface area contributed by atoms with Crippen molar-refractivity contribution < 1.29 is 0 Å². The molecule has 0 amide bonds. The molecule has 0 aliphatic carbocycles. The monoisotopic (exact) mass is 333 g/mol. The Bertz CT molecular complexity index is 642. The molecule has 2 heterocycles. The highest BCUT2D eigenvalue weighted by Crippen LogP contribution is 2.37. The Morgan fingerprint density at radius 1 is 1.22 bits per heavy atom. The van der Waals surface area contributed by atoms with Gasteiger partial charge in [0.15, 0.2) is 0 Å². The molecule has 1 fully saturated rings. The smallest absolute Gasteiger partial charge is 0.223 e. The highest BCUT2D eigenvalue weighted by atomic mass is 35.5. The molecule has 23 heavy (non-hydrogen) atoms. The van der Waals surface area contributed by atoms with E-state index in [2.05, 4.69) is 23.8 Å². The minimum atomic E-state index is 0.116. The first-order chi connectivity index (χ1) is 11.0. The van der Waals surface area contributed by atoms with Crippen LogP contribution in [-0.2, 0) is 0 Å². The van der Waals surface area contributed by atoms with Crippen molar-refractivity contribution in [2.45, 2.75) is 26.8 Å². The van der Waals surface area contributed by atoms with Crippen LogP contribution in [0.1, 0.15) is 32.4 Å². The zero-order valence-corrected chi connectivity index (χ0v) is 15.0. The van der Waals surface area contributed by atoms with Crippen LogP contribution in [0.25, 0.3) is 0 Å². The Kier molecular flexibility index (Phi) is 4.60. The molecule has 0 bridgehead atoms. The van der Waals surface area contributed by atoms with Crippen LogP contribution in [0, 0.1) is 0 Å². The largest absolute Gasteiger partial charge is 0.338 e. The van der Waals surface area contributed by atoms with Gasteiger partial charge >= 0.3 is 0 Å². The molecule has 1 atom stereocenters. The Labute approximate surface area is 143 Å². The lowest BCUT2D eigenvalue weighted by atomic mass is 10.0. The summed E-state index contributed by atoms with van der Waals surface area (Å²) in [4.78, 5) is 9.58. The number of likely N-dealkylation sites (N-methyl/N-ethyl adjacent to an activating group) is 1. The zero-order chi connectivity index (χ0) is 16.6. The Morgan fingerprint density at radius 3 is 2.57 bits per heavy atom. The summed E-state index contributed by atoms with van der Waals surface area (Å²) in [6.45, 7) is 10.2. The van der Waals surface area contributed by atoms with Crippen LogP contribution in [0.3, 0.4) is 0 Å². The first-order valence-corrected chi connectivity index (χ1v) is 8.46. The molecule has 0 saturated carbocycles. The van der Waals surface area contributed by atoms with Crippen LogP contribution in [0.4, 0.5) is 5.69 Å². The van der Waals surface area contributed by atoms with Crippen molar-refractivity contribution in [3.05, 3.63) is 28.8 Å². The molecule has 2 aliphatic heterocycles. The van der Waals surface area contributed by atoms with E-state index in [4.69, 9.17) is 21.7 Å². The molecule has 0 N–H and O–H groups in total. The van der Waals surface area contributed by atoms with Crippen molar-refractivity contribution >= 4 is 29.0 Å². The predicted octanol–water partition coefficient (Wildman–Crippen LogP) is 3.35. The van der Waals surface area contributed by atoms with Gasteiger partial charge in [-0.3, -0.25) is 0 Å². The Hall–Kier alpha value is -1.59. The number of rotatable bonds is 1. The van der Waals surface area contributed by atoms with Gasteiger partial charge < -0.3 is 9.80 Å². The van der Waals surface area contributed by atoms with Crippen LogP contribution < -0.4 is 0 Å². The number of hydrogen-bond acceptors (Lipinski definition) is 5. The molecule has 6 heteroatoms.